The summed E-state index contributed by atoms with van der Waals surface area (Å²) < 4.78 is 37.1. The van der Waals surface area contributed by atoms with Crippen molar-refractivity contribution in [2.45, 2.75) is 85.1 Å². The molecule has 13 rings (SSSR count). The molecule has 24 heteroatoms. The van der Waals surface area contributed by atoms with Crippen molar-refractivity contribution in [3.8, 4) is 23.5 Å². The summed E-state index contributed by atoms with van der Waals surface area (Å²) in [6.07, 6.45) is 8.92. The van der Waals surface area contributed by atoms with Gasteiger partial charge in [-0.05, 0) is 141 Å². The zero-order valence-electron chi connectivity index (χ0n) is 43.2. The lowest BCUT2D eigenvalue weighted by Crippen LogP contribution is -2.41. The molecule has 0 bridgehead atoms. The molecule has 2 amide bonds. The maximum absolute atomic E-state index is 12.7. The Kier molecular flexibility index (Phi) is 16.5. The molecule has 410 valence electrons. The second-order valence-corrected chi connectivity index (χ2v) is 23.7. The molecule has 0 unspecified atom stereocenters. The number of rotatable bonds is 6. The first-order chi connectivity index (χ1) is 37.5. The van der Waals surface area contributed by atoms with E-state index in [0.29, 0.717) is 64.8 Å². The largest absolute Gasteiger partial charge is 0.490 e. The van der Waals surface area contributed by atoms with Gasteiger partial charge in [-0.25, -0.2) is 19.9 Å². The summed E-state index contributed by atoms with van der Waals surface area (Å²) in [7, 11) is -0.182. The van der Waals surface area contributed by atoms with Crippen LogP contribution in [-0.4, -0.2) is 112 Å². The van der Waals surface area contributed by atoms with E-state index >= 15 is 0 Å². The number of anilines is 2. The quantitative estimate of drug-likeness (QED) is 0.0900. The number of thiophene rings is 2. The number of halogens is 3. The standard InChI is InChI=1S/C24H20ClN5O3S.C19H13BrClN5O2S.C11H19BO3.CH4/c1-12-10-26-20-19-14-2-5-18(29-16(14)3-4-17(19)34-21(20)22(31)28-12)33-23-15(11-27-24(25)30-23)13-6-8-32-9-7-13;1-8-6-22-15-14-9-2-5-13(28-18-10(20)7-23-19(21)26-18)25-11(9)3-4-12(14)29-16(15)17(27)24-8;1-10(2)11(3,4)15-12(14-10)9-5-7-13-8-6-9;/h2-6,11-12,26H,7-10H2,1H3,(H,28,31);2-5,7-8,22H,6H2,1H3,(H,24,27);5H,6-8H2,1-4H3;1H4/t12-;8-;;/m11../s1. The summed E-state index contributed by atoms with van der Waals surface area (Å²) in [4.78, 5) is 52.3. The van der Waals surface area contributed by atoms with Crippen LogP contribution in [0.4, 0.5) is 11.4 Å². The predicted octanol–water partition coefficient (Wildman–Crippen LogP) is 12.6. The summed E-state index contributed by atoms with van der Waals surface area (Å²) >= 11 is 18.2. The summed E-state index contributed by atoms with van der Waals surface area (Å²) in [6, 6.07) is 15.4. The molecule has 18 nitrogen and oxygen atoms in total. The fourth-order valence-corrected chi connectivity index (χ4v) is 12.0. The highest BCUT2D eigenvalue weighted by Gasteiger charge is 2.52. The van der Waals surface area contributed by atoms with Crippen molar-refractivity contribution in [2.24, 2.45) is 0 Å². The molecule has 2 aromatic carbocycles. The van der Waals surface area contributed by atoms with Gasteiger partial charge in [-0.2, -0.15) is 9.97 Å². The Morgan fingerprint density at radius 2 is 1.18 bits per heavy atom. The maximum Gasteiger partial charge on any atom is 0.490 e. The van der Waals surface area contributed by atoms with E-state index in [1.54, 1.807) is 12.3 Å². The van der Waals surface area contributed by atoms with Crippen molar-refractivity contribution in [1.82, 2.24) is 40.5 Å². The number of amides is 2. The van der Waals surface area contributed by atoms with Crippen LogP contribution in [-0.2, 0) is 18.8 Å². The Morgan fingerprint density at radius 3 is 1.70 bits per heavy atom. The van der Waals surface area contributed by atoms with Gasteiger partial charge < -0.3 is 49.5 Å². The molecule has 6 aromatic heterocycles. The third-order valence-corrected chi connectivity index (χ3v) is 17.2. The smallest absolute Gasteiger partial charge is 0.420 e. The van der Waals surface area contributed by atoms with Crippen molar-refractivity contribution < 1.29 is 37.8 Å². The fraction of sp³-hybridized carbons (Fsp3) is 0.345. The average molecular weight is 1210 g/mol. The molecule has 5 aliphatic rings. The van der Waals surface area contributed by atoms with Crippen LogP contribution < -0.4 is 30.7 Å². The number of hydrogen-bond donors (Lipinski definition) is 4. The van der Waals surface area contributed by atoms with E-state index in [1.165, 1.54) is 34.3 Å². The van der Waals surface area contributed by atoms with E-state index in [9.17, 15) is 9.59 Å². The van der Waals surface area contributed by atoms with Crippen molar-refractivity contribution in [1.29, 1.82) is 0 Å². The molecule has 0 saturated carbocycles. The van der Waals surface area contributed by atoms with Crippen LogP contribution in [0.1, 0.15) is 86.7 Å². The number of carbonyl (C=O) groups is 2. The zero-order valence-corrected chi connectivity index (χ0v) is 47.9. The average Bonchev–Trinajstić information content (AvgIpc) is 4.12. The second kappa shape index (κ2) is 23.2. The predicted molar refractivity (Wildman–Crippen MR) is 317 cm³/mol. The molecule has 5 aliphatic heterocycles. The molecular weight excluding hydrogens is 1150 g/mol. The SMILES string of the molecule is C.CC1(C)OB(C2=CCOCC2)OC1(C)C.C[C@@H]1CNc2c(sc3ccc4nc(Oc5nc(Cl)ncc5Br)ccc4c23)C(=O)N1.C[C@@H]1CNc2c(sc3ccc4nc(Oc5nc(Cl)ncc5C5=CCOCC5)ccc4c23)C(=O)N1. The number of pyridine rings is 2. The third-order valence-electron chi connectivity index (χ3n) is 14.0. The molecule has 0 radical (unpaired) electrons. The molecular formula is C55H56BBrCl2N10O8S2. The van der Waals surface area contributed by atoms with Crippen LogP contribution in [0, 0.1) is 0 Å². The van der Waals surface area contributed by atoms with Gasteiger partial charge in [-0.15, -0.1) is 22.7 Å². The van der Waals surface area contributed by atoms with Gasteiger partial charge in [0.2, 0.25) is 34.1 Å². The molecule has 1 fully saturated rings. The number of carbonyl (C=O) groups excluding carboxylic acids is 2. The Morgan fingerprint density at radius 1 is 0.671 bits per heavy atom. The van der Waals surface area contributed by atoms with E-state index in [-0.39, 0.29) is 66.1 Å². The first kappa shape index (κ1) is 56.2. The number of fused-ring (bicyclic) bond motifs is 10. The summed E-state index contributed by atoms with van der Waals surface area (Å²) in [5.41, 5.74) is 5.81. The van der Waals surface area contributed by atoms with Gasteiger partial charge in [0.15, 0.2) is 0 Å². The molecule has 79 heavy (non-hydrogen) atoms. The van der Waals surface area contributed by atoms with Gasteiger partial charge in [0.25, 0.3) is 11.8 Å². The fourth-order valence-electron chi connectivity index (χ4n) is 9.29. The number of nitrogens with one attached hydrogen (secondary N) is 4. The summed E-state index contributed by atoms with van der Waals surface area (Å²) in [5, 5.41) is 17.0. The number of nitrogens with zero attached hydrogens (tertiary/aromatic N) is 6. The second-order valence-electron chi connectivity index (χ2n) is 20.0. The molecule has 11 heterocycles. The van der Waals surface area contributed by atoms with Gasteiger partial charge in [0.05, 0.1) is 70.1 Å². The molecule has 8 aromatic rings. The normalized spacial score (nSPS) is 19.3. The summed E-state index contributed by atoms with van der Waals surface area (Å²) in [5.74, 6) is 1.33. The van der Waals surface area contributed by atoms with Gasteiger partial charge in [-0.1, -0.05) is 19.6 Å². The highest BCUT2D eigenvalue weighted by molar-refractivity contribution is 9.10. The number of ether oxygens (including phenoxy) is 4. The molecule has 1 saturated heterocycles. The lowest BCUT2D eigenvalue weighted by Gasteiger charge is -2.32. The highest BCUT2D eigenvalue weighted by Crippen LogP contribution is 2.44. The Hall–Kier alpha value is -6.08. The molecule has 2 atom stereocenters. The number of hydrogen-bond acceptors (Lipinski definition) is 18. The van der Waals surface area contributed by atoms with E-state index < -0.39 is 0 Å². The molecule has 4 N–H and O–H groups in total. The van der Waals surface area contributed by atoms with Crippen molar-refractivity contribution in [3.63, 3.8) is 0 Å². The van der Waals surface area contributed by atoms with Crippen LogP contribution in [0.2, 0.25) is 10.6 Å². The maximum atomic E-state index is 12.7. The number of benzene rings is 2. The first-order valence-corrected chi connectivity index (χ1v) is 28.4. The Bertz CT molecular complexity index is 3730. The topological polar surface area (TPSA) is 215 Å². The first-order valence-electron chi connectivity index (χ1n) is 25.3. The van der Waals surface area contributed by atoms with E-state index in [0.717, 1.165) is 83.9 Å². The van der Waals surface area contributed by atoms with Crippen molar-refractivity contribution in [2.75, 3.05) is 50.2 Å². The van der Waals surface area contributed by atoms with Crippen LogP contribution in [0.5, 0.6) is 23.5 Å². The van der Waals surface area contributed by atoms with E-state index in [4.69, 9.17) is 56.4 Å². The van der Waals surface area contributed by atoms with Gasteiger partial charge in [-0.3, -0.25) is 9.59 Å². The molecule has 0 spiro atoms. The minimum atomic E-state index is -0.239. The van der Waals surface area contributed by atoms with Crippen molar-refractivity contribution >= 4 is 140 Å². The van der Waals surface area contributed by atoms with Crippen LogP contribution in [0.15, 0.2) is 83.0 Å². The monoisotopic (exact) mass is 1210 g/mol. The number of aromatic nitrogens is 6. The minimum Gasteiger partial charge on any atom is -0.420 e. The van der Waals surface area contributed by atoms with E-state index in [1.807, 2.05) is 62.4 Å². The Balaban J connectivity index is 0.000000142. The van der Waals surface area contributed by atoms with Crippen LogP contribution >= 0.6 is 61.8 Å². The highest BCUT2D eigenvalue weighted by atomic mass is 79.9. The molecule has 0 aliphatic carbocycles. The van der Waals surface area contributed by atoms with Crippen molar-refractivity contribution in [3.05, 3.63) is 109 Å². The van der Waals surface area contributed by atoms with Crippen LogP contribution in [0.3, 0.4) is 0 Å². The lowest BCUT2D eigenvalue weighted by molar-refractivity contribution is 0.00578. The van der Waals surface area contributed by atoms with Gasteiger partial charge >= 0.3 is 7.12 Å². The van der Waals surface area contributed by atoms with Gasteiger partial charge in [0, 0.05) is 80.6 Å². The summed E-state index contributed by atoms with van der Waals surface area (Å²) in [6.45, 7) is 16.2. The van der Waals surface area contributed by atoms with Gasteiger partial charge in [0.1, 0.15) is 9.75 Å². The third kappa shape index (κ3) is 11.8. The van der Waals surface area contributed by atoms with Crippen LogP contribution in [0.25, 0.3) is 47.6 Å². The minimum absolute atomic E-state index is 0. The van der Waals surface area contributed by atoms with E-state index in [2.05, 4.69) is 95.9 Å². The lowest BCUT2D eigenvalue weighted by atomic mass is 9.75. The zero-order chi connectivity index (χ0) is 54.5. The Labute approximate surface area is 482 Å².